The lowest BCUT2D eigenvalue weighted by Gasteiger charge is -2.05. The zero-order chi connectivity index (χ0) is 13.7. The molecule has 0 aliphatic carbocycles. The molecule has 0 spiro atoms. The maximum atomic E-state index is 12.0. The minimum absolute atomic E-state index is 0.0197. The maximum absolute atomic E-state index is 12.0. The van der Waals surface area contributed by atoms with Crippen LogP contribution >= 0.6 is 0 Å². The Bertz CT molecular complexity index is 639. The maximum Gasteiger partial charge on any atom is 0.308 e. The van der Waals surface area contributed by atoms with Gasteiger partial charge in [-0.05, 0) is 24.5 Å². The molecule has 0 aliphatic heterocycles. The summed E-state index contributed by atoms with van der Waals surface area (Å²) in [7, 11) is -3.51. The highest BCUT2D eigenvalue weighted by molar-refractivity contribution is 7.91. The molecule has 2 aromatic rings. The molecular formula is C14H15NO3S. The van der Waals surface area contributed by atoms with Crippen molar-refractivity contribution in [1.82, 2.24) is 0 Å². The van der Waals surface area contributed by atoms with E-state index in [1.165, 1.54) is 18.3 Å². The monoisotopic (exact) mass is 277 g/mol. The molecule has 0 amide bonds. The molecule has 0 atom stereocenters. The van der Waals surface area contributed by atoms with E-state index in [2.05, 4.69) is 0 Å². The molecule has 0 N–H and O–H groups in total. The van der Waals surface area contributed by atoms with Gasteiger partial charge in [-0.2, -0.15) is 4.73 Å². The normalized spacial score (nSPS) is 11.4. The minimum atomic E-state index is -3.51. The van der Waals surface area contributed by atoms with Gasteiger partial charge in [-0.1, -0.05) is 30.3 Å². The summed E-state index contributed by atoms with van der Waals surface area (Å²) < 4.78 is 24.4. The van der Waals surface area contributed by atoms with E-state index in [1.807, 2.05) is 30.3 Å². The topological polar surface area (TPSA) is 61.1 Å². The van der Waals surface area contributed by atoms with Crippen LogP contribution in [0.4, 0.5) is 0 Å². The van der Waals surface area contributed by atoms with Crippen LogP contribution in [0.5, 0.6) is 0 Å². The highest BCUT2D eigenvalue weighted by Gasteiger charge is 2.22. The predicted octanol–water partition coefficient (Wildman–Crippen LogP) is 1.73. The molecule has 1 heterocycles. The van der Waals surface area contributed by atoms with Gasteiger partial charge in [0.15, 0.2) is 6.20 Å². The molecule has 100 valence electrons. The molecule has 1 aromatic heterocycles. The Morgan fingerprint density at radius 1 is 1.00 bits per heavy atom. The third-order valence-corrected chi connectivity index (χ3v) is 4.61. The molecule has 0 fully saturated rings. The Kier molecular flexibility index (Phi) is 4.16. The van der Waals surface area contributed by atoms with E-state index in [1.54, 1.807) is 6.07 Å². The van der Waals surface area contributed by atoms with Crippen molar-refractivity contribution in [2.45, 2.75) is 17.9 Å². The first-order valence-electron chi connectivity index (χ1n) is 6.04. The van der Waals surface area contributed by atoms with Gasteiger partial charge in [0.2, 0.25) is 9.84 Å². The highest BCUT2D eigenvalue weighted by Crippen LogP contribution is 2.09. The third kappa shape index (κ3) is 3.54. The zero-order valence-corrected chi connectivity index (χ0v) is 11.2. The Morgan fingerprint density at radius 2 is 1.68 bits per heavy atom. The molecule has 19 heavy (non-hydrogen) atoms. The van der Waals surface area contributed by atoms with Crippen molar-refractivity contribution in [1.29, 1.82) is 0 Å². The fourth-order valence-corrected chi connectivity index (χ4v) is 3.22. The fourth-order valence-electron chi connectivity index (χ4n) is 1.87. The van der Waals surface area contributed by atoms with E-state index < -0.39 is 9.84 Å². The van der Waals surface area contributed by atoms with Gasteiger partial charge in [-0.25, -0.2) is 8.42 Å². The van der Waals surface area contributed by atoms with Gasteiger partial charge in [-0.3, -0.25) is 0 Å². The van der Waals surface area contributed by atoms with Crippen molar-refractivity contribution in [3.63, 3.8) is 0 Å². The summed E-state index contributed by atoms with van der Waals surface area (Å²) in [6.45, 7) is 0. The number of benzene rings is 1. The first-order valence-corrected chi connectivity index (χ1v) is 7.70. The van der Waals surface area contributed by atoms with Crippen molar-refractivity contribution in [3.8, 4) is 0 Å². The average molecular weight is 277 g/mol. The number of sulfone groups is 1. The van der Waals surface area contributed by atoms with Crippen LogP contribution in [0.3, 0.4) is 0 Å². The van der Waals surface area contributed by atoms with Crippen LogP contribution in [0, 0.1) is 5.21 Å². The summed E-state index contributed by atoms with van der Waals surface area (Å²) in [5.74, 6) is -0.0197. The smallest absolute Gasteiger partial charge is 0.308 e. The summed E-state index contributed by atoms with van der Waals surface area (Å²) in [6, 6.07) is 14.1. The summed E-state index contributed by atoms with van der Waals surface area (Å²) in [5, 5.41) is 11.3. The lowest BCUT2D eigenvalue weighted by atomic mass is 10.1. The number of pyridine rings is 1. The second kappa shape index (κ2) is 5.84. The molecule has 0 unspecified atom stereocenters. The molecule has 0 aliphatic rings. The van der Waals surface area contributed by atoms with Gasteiger partial charge >= 0.3 is 5.03 Å². The van der Waals surface area contributed by atoms with Gasteiger partial charge < -0.3 is 5.21 Å². The van der Waals surface area contributed by atoms with Crippen LogP contribution in [0.1, 0.15) is 12.0 Å². The molecule has 0 saturated carbocycles. The van der Waals surface area contributed by atoms with E-state index >= 15 is 0 Å². The van der Waals surface area contributed by atoms with Crippen molar-refractivity contribution < 1.29 is 13.1 Å². The molecule has 0 bridgehead atoms. The van der Waals surface area contributed by atoms with Crippen LogP contribution in [0.2, 0.25) is 0 Å². The fraction of sp³-hybridized carbons (Fsp3) is 0.214. The van der Waals surface area contributed by atoms with Crippen LogP contribution in [-0.2, 0) is 16.3 Å². The lowest BCUT2D eigenvalue weighted by Crippen LogP contribution is -2.34. The average Bonchev–Trinajstić information content (AvgIpc) is 2.40. The van der Waals surface area contributed by atoms with E-state index in [-0.39, 0.29) is 10.8 Å². The van der Waals surface area contributed by atoms with Crippen LogP contribution in [-0.4, -0.2) is 14.2 Å². The van der Waals surface area contributed by atoms with E-state index in [9.17, 15) is 13.6 Å². The van der Waals surface area contributed by atoms with E-state index in [4.69, 9.17) is 0 Å². The first kappa shape index (κ1) is 13.5. The van der Waals surface area contributed by atoms with Gasteiger partial charge in [0.1, 0.15) is 0 Å². The second-order valence-electron chi connectivity index (χ2n) is 4.27. The molecule has 0 saturated heterocycles. The summed E-state index contributed by atoms with van der Waals surface area (Å²) >= 11 is 0. The second-order valence-corrected chi connectivity index (χ2v) is 6.33. The highest BCUT2D eigenvalue weighted by atomic mass is 32.2. The zero-order valence-electron chi connectivity index (χ0n) is 10.4. The number of hydrogen-bond donors (Lipinski definition) is 0. The quantitative estimate of drug-likeness (QED) is 0.617. The van der Waals surface area contributed by atoms with Crippen molar-refractivity contribution in [2.75, 3.05) is 5.75 Å². The minimum Gasteiger partial charge on any atom is -0.618 e. The van der Waals surface area contributed by atoms with Crippen LogP contribution in [0.25, 0.3) is 0 Å². The standard InChI is InChI=1S/C14H15NO3S/c16-15-11-5-4-10-14(15)19(17,18)12-6-9-13-7-2-1-3-8-13/h1-5,7-8,10-11H,6,9,12H2. The van der Waals surface area contributed by atoms with Crippen LogP contribution in [0.15, 0.2) is 59.8 Å². The molecule has 2 rings (SSSR count). The molecule has 5 heteroatoms. The number of hydrogen-bond acceptors (Lipinski definition) is 3. The van der Waals surface area contributed by atoms with Crippen molar-refractivity contribution >= 4 is 9.84 Å². The Morgan fingerprint density at radius 3 is 2.37 bits per heavy atom. The molecule has 0 radical (unpaired) electrons. The first-order chi connectivity index (χ1) is 9.09. The third-order valence-electron chi connectivity index (χ3n) is 2.83. The molecular weight excluding hydrogens is 262 g/mol. The Balaban J connectivity index is 2.01. The van der Waals surface area contributed by atoms with Crippen molar-refractivity contribution in [2.24, 2.45) is 0 Å². The van der Waals surface area contributed by atoms with Gasteiger partial charge in [0.25, 0.3) is 0 Å². The molecule has 4 nitrogen and oxygen atoms in total. The summed E-state index contributed by atoms with van der Waals surface area (Å²) in [6.07, 6.45) is 2.39. The van der Waals surface area contributed by atoms with Crippen LogP contribution < -0.4 is 4.73 Å². The van der Waals surface area contributed by atoms with Gasteiger partial charge in [0, 0.05) is 12.1 Å². The predicted molar refractivity (Wildman–Crippen MR) is 72.2 cm³/mol. The van der Waals surface area contributed by atoms with E-state index in [0.717, 1.165) is 5.56 Å². The lowest BCUT2D eigenvalue weighted by molar-refractivity contribution is -0.646. The number of nitrogens with zero attached hydrogens (tertiary/aromatic N) is 1. The Labute approximate surface area is 112 Å². The van der Waals surface area contributed by atoms with Crippen molar-refractivity contribution in [3.05, 3.63) is 65.5 Å². The number of aromatic nitrogens is 1. The number of rotatable bonds is 5. The summed E-state index contributed by atoms with van der Waals surface area (Å²) in [5.41, 5.74) is 1.10. The number of aryl methyl sites for hydroxylation is 1. The van der Waals surface area contributed by atoms with Gasteiger partial charge in [0.05, 0.1) is 5.75 Å². The van der Waals surface area contributed by atoms with Gasteiger partial charge in [-0.15, -0.1) is 0 Å². The van der Waals surface area contributed by atoms with E-state index in [0.29, 0.717) is 17.6 Å². The molecule has 1 aromatic carbocycles. The summed E-state index contributed by atoms with van der Waals surface area (Å²) in [4.78, 5) is 0. The SMILES string of the molecule is O=S(=O)(CCCc1ccccc1)c1cccc[n+]1[O-]. The largest absolute Gasteiger partial charge is 0.618 e. The Hall–Kier alpha value is -1.88.